The third-order valence-corrected chi connectivity index (χ3v) is 6.36. The van der Waals surface area contributed by atoms with E-state index in [9.17, 15) is 19.2 Å². The van der Waals surface area contributed by atoms with E-state index in [4.69, 9.17) is 4.74 Å². The number of carbonyl (C=O) groups excluding carboxylic acids is 4. The summed E-state index contributed by atoms with van der Waals surface area (Å²) in [7, 11) is 0. The summed E-state index contributed by atoms with van der Waals surface area (Å²) in [6, 6.07) is 4.33. The molecule has 4 aliphatic heterocycles. The first kappa shape index (κ1) is 19.2. The highest BCUT2D eigenvalue weighted by Crippen LogP contribution is 2.32. The molecule has 1 atom stereocenters. The van der Waals surface area contributed by atoms with Gasteiger partial charge in [0.2, 0.25) is 11.8 Å². The molecule has 0 radical (unpaired) electrons. The molecule has 158 valence electrons. The van der Waals surface area contributed by atoms with Crippen LogP contribution in [0.2, 0.25) is 0 Å². The maximum absolute atomic E-state index is 13.0. The predicted octanol–water partition coefficient (Wildman–Crippen LogP) is 0.0450. The molecule has 4 heterocycles. The number of benzene rings is 1. The van der Waals surface area contributed by atoms with Crippen LogP contribution in [0.5, 0.6) is 0 Å². The lowest BCUT2D eigenvalue weighted by atomic mass is 10.0. The van der Waals surface area contributed by atoms with Crippen LogP contribution in [0, 0.1) is 0 Å². The molecular weight excluding hydrogens is 388 g/mol. The van der Waals surface area contributed by atoms with Crippen LogP contribution < -0.4 is 15.5 Å². The summed E-state index contributed by atoms with van der Waals surface area (Å²) < 4.78 is 6.06. The highest BCUT2D eigenvalue weighted by atomic mass is 16.5. The topological polar surface area (TPSA) is 108 Å². The van der Waals surface area contributed by atoms with E-state index in [1.807, 2.05) is 6.07 Å². The second kappa shape index (κ2) is 7.48. The molecule has 1 aromatic rings. The maximum Gasteiger partial charge on any atom is 0.262 e. The van der Waals surface area contributed by atoms with E-state index in [2.05, 4.69) is 15.5 Å². The number of hydrogen-bond acceptors (Lipinski definition) is 7. The van der Waals surface area contributed by atoms with Crippen molar-refractivity contribution in [3.63, 3.8) is 0 Å². The third kappa shape index (κ3) is 3.27. The Morgan fingerprint density at radius 2 is 1.63 bits per heavy atom. The van der Waals surface area contributed by atoms with Crippen molar-refractivity contribution in [3.8, 4) is 0 Å². The molecule has 1 unspecified atom stereocenters. The Balaban J connectivity index is 1.29. The number of amides is 4. The van der Waals surface area contributed by atoms with Crippen molar-refractivity contribution in [2.75, 3.05) is 31.1 Å². The highest BCUT2D eigenvalue weighted by molar-refractivity contribution is 6.23. The van der Waals surface area contributed by atoms with Gasteiger partial charge < -0.3 is 15.0 Å². The van der Waals surface area contributed by atoms with Crippen LogP contribution in [0.3, 0.4) is 0 Å². The smallest absolute Gasteiger partial charge is 0.262 e. The van der Waals surface area contributed by atoms with Crippen molar-refractivity contribution in [3.05, 3.63) is 29.3 Å². The van der Waals surface area contributed by atoms with Gasteiger partial charge >= 0.3 is 0 Å². The number of anilines is 1. The second-order valence-electron chi connectivity index (χ2n) is 8.28. The summed E-state index contributed by atoms with van der Waals surface area (Å²) in [4.78, 5) is 52.6. The summed E-state index contributed by atoms with van der Waals surface area (Å²) in [5.41, 5.74) is 1.52. The number of imide groups is 2. The first-order chi connectivity index (χ1) is 14.5. The van der Waals surface area contributed by atoms with Crippen LogP contribution in [-0.4, -0.2) is 73.0 Å². The van der Waals surface area contributed by atoms with Crippen molar-refractivity contribution < 1.29 is 23.9 Å². The number of hydrogen-bond donors (Lipinski definition) is 2. The molecule has 3 saturated heterocycles. The number of piperidine rings is 2. The van der Waals surface area contributed by atoms with E-state index >= 15 is 0 Å². The Kier molecular flexibility index (Phi) is 4.79. The fourth-order valence-corrected chi connectivity index (χ4v) is 4.54. The summed E-state index contributed by atoms with van der Waals surface area (Å²) in [5.74, 6) is -1.92. The Hall–Kier alpha value is -2.78. The summed E-state index contributed by atoms with van der Waals surface area (Å²) in [6.45, 7) is 3.49. The van der Waals surface area contributed by atoms with Crippen LogP contribution in [0.15, 0.2) is 18.2 Å². The highest BCUT2D eigenvalue weighted by Gasteiger charge is 2.44. The molecule has 9 heteroatoms. The van der Waals surface area contributed by atoms with Gasteiger partial charge in [0.05, 0.1) is 23.3 Å². The average Bonchev–Trinajstić information content (AvgIpc) is 2.96. The minimum absolute atomic E-state index is 0.114. The van der Waals surface area contributed by atoms with Gasteiger partial charge in [0, 0.05) is 38.3 Å². The van der Waals surface area contributed by atoms with Gasteiger partial charge in [-0.1, -0.05) is 0 Å². The summed E-state index contributed by atoms with van der Waals surface area (Å²) in [5, 5.41) is 5.42. The van der Waals surface area contributed by atoms with Crippen LogP contribution in [0.25, 0.3) is 0 Å². The standard InChI is InChI=1S/C21H24N4O5/c26-18-4-3-17(19(27)23-18)25-20(28)15-2-1-12(9-16(15)21(25)29)24-7-5-13(6-8-24)30-14-10-22-11-14/h1-2,9,13-14,17,22H,3-8,10-11H2,(H,23,26,27). The zero-order chi connectivity index (χ0) is 20.8. The van der Waals surface area contributed by atoms with Gasteiger partial charge in [-0.15, -0.1) is 0 Å². The lowest BCUT2D eigenvalue weighted by Crippen LogP contribution is -2.54. The normalized spacial score (nSPS) is 25.4. The van der Waals surface area contributed by atoms with Crippen LogP contribution in [0.1, 0.15) is 46.4 Å². The second-order valence-corrected chi connectivity index (χ2v) is 8.28. The van der Waals surface area contributed by atoms with E-state index in [1.165, 1.54) is 0 Å². The van der Waals surface area contributed by atoms with Crippen molar-refractivity contribution in [2.45, 2.75) is 43.9 Å². The lowest BCUT2D eigenvalue weighted by Gasteiger charge is -2.37. The molecule has 4 amide bonds. The van der Waals surface area contributed by atoms with Gasteiger partial charge in [-0.3, -0.25) is 29.4 Å². The number of nitrogens with zero attached hydrogens (tertiary/aromatic N) is 2. The maximum atomic E-state index is 13.0. The zero-order valence-electron chi connectivity index (χ0n) is 16.6. The van der Waals surface area contributed by atoms with Crippen molar-refractivity contribution in [1.29, 1.82) is 0 Å². The number of ether oxygens (including phenoxy) is 1. The largest absolute Gasteiger partial charge is 0.372 e. The Labute approximate surface area is 173 Å². The molecule has 0 spiro atoms. The molecule has 30 heavy (non-hydrogen) atoms. The average molecular weight is 412 g/mol. The van der Waals surface area contributed by atoms with E-state index in [-0.39, 0.29) is 24.9 Å². The molecule has 1 aromatic carbocycles. The minimum atomic E-state index is -0.938. The van der Waals surface area contributed by atoms with Gasteiger partial charge in [-0.2, -0.15) is 0 Å². The number of nitrogens with one attached hydrogen (secondary N) is 2. The fraction of sp³-hybridized carbons (Fsp3) is 0.524. The van der Waals surface area contributed by atoms with Crippen LogP contribution >= 0.6 is 0 Å². The number of rotatable bonds is 4. The van der Waals surface area contributed by atoms with Gasteiger partial charge in [-0.05, 0) is 37.5 Å². The zero-order valence-corrected chi connectivity index (χ0v) is 16.6. The Morgan fingerprint density at radius 3 is 2.30 bits per heavy atom. The van der Waals surface area contributed by atoms with Crippen molar-refractivity contribution in [1.82, 2.24) is 15.5 Å². The van der Waals surface area contributed by atoms with Crippen LogP contribution in [0.4, 0.5) is 5.69 Å². The Bertz CT molecular complexity index is 920. The quantitative estimate of drug-likeness (QED) is 0.673. The van der Waals surface area contributed by atoms with E-state index in [0.717, 1.165) is 49.6 Å². The summed E-state index contributed by atoms with van der Waals surface area (Å²) >= 11 is 0. The number of carbonyl (C=O) groups is 4. The van der Waals surface area contributed by atoms with Gasteiger partial charge in [0.25, 0.3) is 11.8 Å². The number of fused-ring (bicyclic) bond motifs is 1. The summed E-state index contributed by atoms with van der Waals surface area (Å²) in [6.07, 6.45) is 2.69. The van der Waals surface area contributed by atoms with Crippen molar-refractivity contribution >= 4 is 29.3 Å². The molecule has 0 bridgehead atoms. The molecular formula is C21H24N4O5. The van der Waals surface area contributed by atoms with E-state index in [0.29, 0.717) is 17.2 Å². The van der Waals surface area contributed by atoms with Gasteiger partial charge in [0.1, 0.15) is 6.04 Å². The molecule has 5 rings (SSSR count). The molecule has 0 aliphatic carbocycles. The third-order valence-electron chi connectivity index (χ3n) is 6.36. The molecule has 0 aromatic heterocycles. The molecule has 2 N–H and O–H groups in total. The van der Waals surface area contributed by atoms with Gasteiger partial charge in [-0.25, -0.2) is 0 Å². The van der Waals surface area contributed by atoms with Gasteiger partial charge in [0.15, 0.2) is 0 Å². The Morgan fingerprint density at radius 1 is 0.900 bits per heavy atom. The van der Waals surface area contributed by atoms with E-state index in [1.54, 1.807) is 12.1 Å². The monoisotopic (exact) mass is 412 g/mol. The molecule has 0 saturated carbocycles. The van der Waals surface area contributed by atoms with E-state index < -0.39 is 23.8 Å². The first-order valence-corrected chi connectivity index (χ1v) is 10.5. The van der Waals surface area contributed by atoms with Crippen LogP contribution in [-0.2, 0) is 14.3 Å². The predicted molar refractivity (Wildman–Crippen MR) is 106 cm³/mol. The first-order valence-electron chi connectivity index (χ1n) is 10.5. The van der Waals surface area contributed by atoms with Crippen molar-refractivity contribution in [2.24, 2.45) is 0 Å². The molecule has 3 fully saturated rings. The molecule has 9 nitrogen and oxygen atoms in total. The SMILES string of the molecule is O=C1CCC(N2C(=O)c3ccc(N4CCC(OC5CNC5)CC4)cc3C2=O)C(=O)N1. The fourth-order valence-electron chi connectivity index (χ4n) is 4.54. The lowest BCUT2D eigenvalue weighted by molar-refractivity contribution is -0.136. The molecule has 4 aliphatic rings. The minimum Gasteiger partial charge on any atom is -0.372 e.